The lowest BCUT2D eigenvalue weighted by atomic mass is 10.1. The average molecular weight is 369 g/mol. The van der Waals surface area contributed by atoms with Crippen molar-refractivity contribution < 1.29 is 23.9 Å². The summed E-state index contributed by atoms with van der Waals surface area (Å²) in [6.07, 6.45) is 1.68. The molecule has 0 bridgehead atoms. The van der Waals surface area contributed by atoms with Crippen LogP contribution in [-0.4, -0.2) is 31.4 Å². The fraction of sp³-hybridized carbons (Fsp3) is 0.286. The predicted molar refractivity (Wildman–Crippen MR) is 101 cm³/mol. The number of esters is 1. The third-order valence-corrected chi connectivity index (χ3v) is 4.00. The first-order valence-electron chi connectivity index (χ1n) is 8.73. The van der Waals surface area contributed by atoms with E-state index in [1.54, 1.807) is 24.3 Å². The number of nitrogens with one attached hydrogen (secondary N) is 1. The molecular weight excluding hydrogens is 346 g/mol. The minimum Gasteiger partial charge on any atom is -0.482 e. The number of aryl methyl sites for hydroxylation is 1. The summed E-state index contributed by atoms with van der Waals surface area (Å²) in [4.78, 5) is 34.2. The van der Waals surface area contributed by atoms with Crippen LogP contribution in [0.4, 0.5) is 0 Å². The van der Waals surface area contributed by atoms with Crippen molar-refractivity contribution in [1.82, 2.24) is 5.32 Å². The maximum atomic E-state index is 11.9. The van der Waals surface area contributed by atoms with Crippen LogP contribution in [0.1, 0.15) is 41.4 Å². The monoisotopic (exact) mass is 369 g/mol. The maximum absolute atomic E-state index is 11.9. The number of carbonyl (C=O) groups is 3. The summed E-state index contributed by atoms with van der Waals surface area (Å²) in [5.74, 6) is -0.596. The Morgan fingerprint density at radius 2 is 1.70 bits per heavy atom. The van der Waals surface area contributed by atoms with E-state index >= 15 is 0 Å². The van der Waals surface area contributed by atoms with Crippen molar-refractivity contribution in [2.24, 2.45) is 0 Å². The van der Waals surface area contributed by atoms with E-state index in [9.17, 15) is 14.4 Å². The molecule has 0 saturated carbocycles. The first-order chi connectivity index (χ1) is 13.0. The molecule has 0 saturated heterocycles. The van der Waals surface area contributed by atoms with Gasteiger partial charge in [0.1, 0.15) is 12.0 Å². The Bertz CT molecular complexity index is 768. The minimum atomic E-state index is -0.649. The molecule has 0 heterocycles. The van der Waals surface area contributed by atoms with Gasteiger partial charge in [-0.3, -0.25) is 9.59 Å². The van der Waals surface area contributed by atoms with Crippen LogP contribution in [0.5, 0.6) is 5.75 Å². The molecule has 0 radical (unpaired) electrons. The molecule has 1 atom stereocenters. The van der Waals surface area contributed by atoms with Crippen molar-refractivity contribution in [2.75, 3.05) is 13.2 Å². The number of ether oxygens (including phenoxy) is 2. The molecule has 0 aliphatic carbocycles. The molecular formula is C21H23NO5. The summed E-state index contributed by atoms with van der Waals surface area (Å²) in [5, 5.41) is 2.79. The van der Waals surface area contributed by atoms with Crippen molar-refractivity contribution in [3.05, 3.63) is 65.2 Å². The Balaban J connectivity index is 1.71. The van der Waals surface area contributed by atoms with Crippen LogP contribution in [0.25, 0.3) is 0 Å². The van der Waals surface area contributed by atoms with Gasteiger partial charge in [-0.25, -0.2) is 4.79 Å². The predicted octanol–water partition coefficient (Wildman–Crippen LogP) is 2.86. The van der Waals surface area contributed by atoms with Gasteiger partial charge in [0.05, 0.1) is 6.04 Å². The Hall–Kier alpha value is -3.15. The molecule has 27 heavy (non-hydrogen) atoms. The fourth-order valence-corrected chi connectivity index (χ4v) is 2.38. The molecule has 2 rings (SSSR count). The van der Waals surface area contributed by atoms with E-state index in [4.69, 9.17) is 9.47 Å². The normalized spacial score (nSPS) is 11.3. The quantitative estimate of drug-likeness (QED) is 0.543. The number of hydrogen-bond donors (Lipinski definition) is 1. The molecule has 142 valence electrons. The molecule has 0 aliphatic heterocycles. The molecule has 6 heteroatoms. The third-order valence-electron chi connectivity index (χ3n) is 4.00. The number of carbonyl (C=O) groups excluding carboxylic acids is 3. The van der Waals surface area contributed by atoms with Gasteiger partial charge in [-0.1, -0.05) is 31.2 Å². The molecule has 2 aromatic rings. The van der Waals surface area contributed by atoms with E-state index < -0.39 is 5.97 Å². The van der Waals surface area contributed by atoms with Crippen molar-refractivity contribution in [2.45, 2.75) is 26.3 Å². The van der Waals surface area contributed by atoms with Crippen LogP contribution >= 0.6 is 0 Å². The zero-order valence-electron chi connectivity index (χ0n) is 15.4. The highest BCUT2D eigenvalue weighted by atomic mass is 16.6. The Labute approximate surface area is 158 Å². The molecule has 0 fully saturated rings. The van der Waals surface area contributed by atoms with Gasteiger partial charge >= 0.3 is 5.97 Å². The molecule has 0 aromatic heterocycles. The Morgan fingerprint density at radius 3 is 2.30 bits per heavy atom. The number of aldehydes is 1. The van der Waals surface area contributed by atoms with Crippen molar-refractivity contribution in [3.8, 4) is 5.75 Å². The van der Waals surface area contributed by atoms with Crippen molar-refractivity contribution >= 4 is 18.2 Å². The smallest absolute Gasteiger partial charge is 0.344 e. The fourth-order valence-electron chi connectivity index (χ4n) is 2.38. The molecule has 6 nitrogen and oxygen atoms in total. The van der Waals surface area contributed by atoms with Gasteiger partial charge in [-0.15, -0.1) is 0 Å². The zero-order chi connectivity index (χ0) is 19.6. The summed E-state index contributed by atoms with van der Waals surface area (Å²) < 4.78 is 10.2. The molecule has 0 unspecified atom stereocenters. The molecule has 1 N–H and O–H groups in total. The van der Waals surface area contributed by atoms with Gasteiger partial charge in [0.15, 0.2) is 13.2 Å². The van der Waals surface area contributed by atoms with Gasteiger partial charge in [0.2, 0.25) is 0 Å². The second-order valence-corrected chi connectivity index (χ2v) is 6.02. The van der Waals surface area contributed by atoms with Crippen LogP contribution in [0.3, 0.4) is 0 Å². The SMILES string of the molecule is CCc1ccc([C@H](C)NC(=O)COC(=O)COc2ccc(C=O)cc2)cc1. The van der Waals surface area contributed by atoms with Crippen LogP contribution in [-0.2, 0) is 20.7 Å². The lowest BCUT2D eigenvalue weighted by Gasteiger charge is -2.15. The van der Waals surface area contributed by atoms with Crippen molar-refractivity contribution in [1.29, 1.82) is 0 Å². The van der Waals surface area contributed by atoms with Crippen molar-refractivity contribution in [3.63, 3.8) is 0 Å². The first kappa shape index (κ1) is 20.2. The number of benzene rings is 2. The largest absolute Gasteiger partial charge is 0.482 e. The summed E-state index contributed by atoms with van der Waals surface area (Å²) in [7, 11) is 0. The lowest BCUT2D eigenvalue weighted by Crippen LogP contribution is -2.31. The third kappa shape index (κ3) is 6.58. The Kier molecular flexibility index (Phi) is 7.55. The summed E-state index contributed by atoms with van der Waals surface area (Å²) in [6.45, 7) is 3.26. The second-order valence-electron chi connectivity index (χ2n) is 6.02. The topological polar surface area (TPSA) is 81.7 Å². The van der Waals surface area contributed by atoms with E-state index in [-0.39, 0.29) is 25.2 Å². The number of hydrogen-bond acceptors (Lipinski definition) is 5. The number of amides is 1. The van der Waals surface area contributed by atoms with E-state index in [1.807, 2.05) is 31.2 Å². The van der Waals surface area contributed by atoms with E-state index in [2.05, 4.69) is 12.2 Å². The summed E-state index contributed by atoms with van der Waals surface area (Å²) in [6, 6.07) is 14.1. The van der Waals surface area contributed by atoms with Crippen LogP contribution < -0.4 is 10.1 Å². The van der Waals surface area contributed by atoms with Crippen LogP contribution in [0.15, 0.2) is 48.5 Å². The summed E-state index contributed by atoms with van der Waals surface area (Å²) >= 11 is 0. The maximum Gasteiger partial charge on any atom is 0.344 e. The van der Waals surface area contributed by atoms with Gasteiger partial charge in [-0.05, 0) is 48.7 Å². The zero-order valence-corrected chi connectivity index (χ0v) is 15.4. The Morgan fingerprint density at radius 1 is 1.04 bits per heavy atom. The highest BCUT2D eigenvalue weighted by Crippen LogP contribution is 2.14. The van der Waals surface area contributed by atoms with Gasteiger partial charge < -0.3 is 14.8 Å². The molecule has 0 spiro atoms. The first-order valence-corrected chi connectivity index (χ1v) is 8.73. The van der Waals surface area contributed by atoms with E-state index in [0.717, 1.165) is 18.3 Å². The van der Waals surface area contributed by atoms with Gasteiger partial charge in [-0.2, -0.15) is 0 Å². The van der Waals surface area contributed by atoms with E-state index in [0.29, 0.717) is 11.3 Å². The standard InChI is InChI=1S/C21H23NO5/c1-3-16-4-8-18(9-5-16)15(2)22-20(24)13-27-21(25)14-26-19-10-6-17(12-23)7-11-19/h4-12,15H,3,13-14H2,1-2H3,(H,22,24)/t15-/m0/s1. The average Bonchev–Trinajstić information content (AvgIpc) is 2.71. The number of rotatable bonds is 9. The molecule has 2 aromatic carbocycles. The van der Waals surface area contributed by atoms with Crippen LogP contribution in [0, 0.1) is 0 Å². The van der Waals surface area contributed by atoms with E-state index in [1.165, 1.54) is 5.56 Å². The summed E-state index contributed by atoms with van der Waals surface area (Å²) in [5.41, 5.74) is 2.72. The van der Waals surface area contributed by atoms with Gasteiger partial charge in [0.25, 0.3) is 5.91 Å². The highest BCUT2D eigenvalue weighted by Gasteiger charge is 2.12. The lowest BCUT2D eigenvalue weighted by molar-refractivity contribution is -0.150. The molecule has 0 aliphatic rings. The second kappa shape index (κ2) is 10.1. The molecule has 1 amide bonds. The van der Waals surface area contributed by atoms with Gasteiger partial charge in [0, 0.05) is 5.56 Å². The minimum absolute atomic E-state index is 0.185. The highest BCUT2D eigenvalue weighted by molar-refractivity contribution is 5.81. The van der Waals surface area contributed by atoms with Crippen LogP contribution in [0.2, 0.25) is 0 Å².